The summed E-state index contributed by atoms with van der Waals surface area (Å²) in [4.78, 5) is 12.7. The van der Waals surface area contributed by atoms with Gasteiger partial charge in [0, 0.05) is 0 Å². The summed E-state index contributed by atoms with van der Waals surface area (Å²) in [6.07, 6.45) is 3.48. The Hall–Kier alpha value is -1.61. The molecule has 0 N–H and O–H groups in total. The first-order chi connectivity index (χ1) is 10.7. The Morgan fingerprint density at radius 3 is 1.82 bits per heavy atom. The molecule has 3 rings (SSSR count). The number of halogens is 1. The fourth-order valence-corrected chi connectivity index (χ4v) is 3.59. The first kappa shape index (κ1) is 15.3. The number of benzene rings is 2. The highest BCUT2D eigenvalue weighted by Crippen LogP contribution is 2.40. The Morgan fingerprint density at radius 1 is 0.909 bits per heavy atom. The average molecular weight is 359 g/mol. The Kier molecular flexibility index (Phi) is 4.63. The molecule has 22 heavy (non-hydrogen) atoms. The van der Waals surface area contributed by atoms with Crippen molar-refractivity contribution >= 4 is 21.9 Å². The molecule has 0 heterocycles. The molecule has 114 valence electrons. The quantitative estimate of drug-likeness (QED) is 0.566. The van der Waals surface area contributed by atoms with Gasteiger partial charge in [0.25, 0.3) is 0 Å². The van der Waals surface area contributed by atoms with E-state index >= 15 is 0 Å². The lowest BCUT2D eigenvalue weighted by Crippen LogP contribution is -2.32. The van der Waals surface area contributed by atoms with Gasteiger partial charge in [0.2, 0.25) is 0 Å². The van der Waals surface area contributed by atoms with Crippen molar-refractivity contribution in [3.8, 4) is 0 Å². The zero-order chi connectivity index (χ0) is 15.4. The van der Waals surface area contributed by atoms with Crippen LogP contribution in [0.4, 0.5) is 0 Å². The number of carbonyl (C=O) groups is 1. The molecule has 0 atom stereocenters. The third-order valence-corrected chi connectivity index (χ3v) is 5.31. The van der Waals surface area contributed by atoms with E-state index in [1.165, 1.54) is 0 Å². The number of carbonyl (C=O) groups excluding carboxylic acids is 1. The highest BCUT2D eigenvalue weighted by Gasteiger charge is 2.41. The van der Waals surface area contributed by atoms with Gasteiger partial charge in [-0.15, -0.1) is 0 Å². The Bertz CT molecular complexity index is 579. The molecule has 0 amide bonds. The normalized spacial score (nSPS) is 16.6. The van der Waals surface area contributed by atoms with Crippen molar-refractivity contribution in [2.75, 3.05) is 0 Å². The van der Waals surface area contributed by atoms with Gasteiger partial charge in [0.05, 0.1) is 0 Å². The smallest absolute Gasteiger partial charge is 0.323 e. The second kappa shape index (κ2) is 6.66. The van der Waals surface area contributed by atoms with Crippen molar-refractivity contribution in [3.63, 3.8) is 0 Å². The molecular weight excluding hydrogens is 340 g/mol. The van der Waals surface area contributed by atoms with Crippen molar-refractivity contribution in [2.45, 2.75) is 36.1 Å². The number of hydrogen-bond donors (Lipinski definition) is 0. The van der Waals surface area contributed by atoms with E-state index in [0.717, 1.165) is 36.8 Å². The fraction of sp³-hybridized carbons (Fsp3) is 0.316. The molecule has 0 aromatic heterocycles. The number of rotatable bonds is 4. The predicted octanol–water partition coefficient (Wildman–Crippen LogP) is 5.03. The molecule has 2 nitrogen and oxygen atoms in total. The first-order valence-electron chi connectivity index (χ1n) is 7.69. The van der Waals surface area contributed by atoms with Crippen LogP contribution < -0.4 is 0 Å². The Balaban J connectivity index is 1.88. The maximum atomic E-state index is 12.7. The molecule has 2 aromatic carbocycles. The van der Waals surface area contributed by atoms with Crippen LogP contribution in [-0.4, -0.2) is 10.3 Å². The van der Waals surface area contributed by atoms with Gasteiger partial charge < -0.3 is 4.74 Å². The Labute approximate surface area is 139 Å². The maximum Gasteiger partial charge on any atom is 0.323 e. The van der Waals surface area contributed by atoms with E-state index in [4.69, 9.17) is 4.74 Å². The minimum absolute atomic E-state index is 0.150. The molecule has 0 spiro atoms. The summed E-state index contributed by atoms with van der Waals surface area (Å²) in [6, 6.07) is 19.8. The maximum absolute atomic E-state index is 12.7. The van der Waals surface area contributed by atoms with Crippen LogP contribution in [0.3, 0.4) is 0 Å². The monoisotopic (exact) mass is 358 g/mol. The van der Waals surface area contributed by atoms with E-state index in [1.807, 2.05) is 60.7 Å². The van der Waals surface area contributed by atoms with Gasteiger partial charge in [-0.05, 0) is 24.0 Å². The van der Waals surface area contributed by atoms with E-state index in [1.54, 1.807) is 0 Å². The molecule has 3 heteroatoms. The van der Waals surface area contributed by atoms with E-state index in [0.29, 0.717) is 0 Å². The van der Waals surface area contributed by atoms with E-state index in [-0.39, 0.29) is 12.1 Å². The zero-order valence-electron chi connectivity index (χ0n) is 12.4. The van der Waals surface area contributed by atoms with Gasteiger partial charge in [-0.3, -0.25) is 4.79 Å². The van der Waals surface area contributed by atoms with Crippen LogP contribution in [-0.2, 0) is 9.53 Å². The summed E-state index contributed by atoms with van der Waals surface area (Å²) in [5, 5.41) is 0. The highest BCUT2D eigenvalue weighted by molar-refractivity contribution is 9.10. The van der Waals surface area contributed by atoms with Gasteiger partial charge in [0.1, 0.15) is 4.32 Å². The Morgan fingerprint density at radius 2 is 1.36 bits per heavy atom. The summed E-state index contributed by atoms with van der Waals surface area (Å²) < 4.78 is 5.42. The summed E-state index contributed by atoms with van der Waals surface area (Å²) >= 11 is 3.61. The molecule has 0 aliphatic heterocycles. The third-order valence-electron chi connectivity index (χ3n) is 4.19. The van der Waals surface area contributed by atoms with Crippen LogP contribution >= 0.6 is 15.9 Å². The first-order valence-corrected chi connectivity index (χ1v) is 8.48. The van der Waals surface area contributed by atoms with Gasteiger partial charge >= 0.3 is 5.97 Å². The topological polar surface area (TPSA) is 26.3 Å². The molecule has 0 radical (unpaired) electrons. The van der Waals surface area contributed by atoms with E-state index in [2.05, 4.69) is 15.9 Å². The standard InChI is InChI=1S/C19H19BrO2/c20-19(13-7-8-14-19)18(21)22-17(15-9-3-1-4-10-15)16-11-5-2-6-12-16/h1-6,9-12,17H,7-8,13-14H2. The lowest BCUT2D eigenvalue weighted by Gasteiger charge is -2.25. The van der Waals surface area contributed by atoms with Crippen LogP contribution in [0, 0.1) is 0 Å². The van der Waals surface area contributed by atoms with Crippen molar-refractivity contribution in [1.82, 2.24) is 0 Å². The van der Waals surface area contributed by atoms with E-state index < -0.39 is 4.32 Å². The number of hydrogen-bond acceptors (Lipinski definition) is 2. The van der Waals surface area contributed by atoms with Crippen molar-refractivity contribution < 1.29 is 9.53 Å². The summed E-state index contributed by atoms with van der Waals surface area (Å²) in [7, 11) is 0. The number of alkyl halides is 1. The molecule has 1 aliphatic carbocycles. The van der Waals surface area contributed by atoms with Crippen molar-refractivity contribution in [2.24, 2.45) is 0 Å². The second-order valence-electron chi connectivity index (χ2n) is 5.78. The van der Waals surface area contributed by atoms with Crippen molar-refractivity contribution in [3.05, 3.63) is 71.8 Å². The predicted molar refractivity (Wildman–Crippen MR) is 90.9 cm³/mol. The SMILES string of the molecule is O=C(OC(c1ccccc1)c1ccccc1)C1(Br)CCCC1. The molecule has 1 aliphatic rings. The van der Waals surface area contributed by atoms with Crippen molar-refractivity contribution in [1.29, 1.82) is 0 Å². The van der Waals surface area contributed by atoms with Crippen LogP contribution in [0.15, 0.2) is 60.7 Å². The van der Waals surface area contributed by atoms with Gasteiger partial charge in [-0.1, -0.05) is 89.4 Å². The fourth-order valence-electron chi connectivity index (χ4n) is 2.94. The highest BCUT2D eigenvalue weighted by atomic mass is 79.9. The number of ether oxygens (including phenoxy) is 1. The lowest BCUT2D eigenvalue weighted by molar-refractivity contribution is -0.150. The molecule has 1 fully saturated rings. The molecule has 2 aromatic rings. The van der Waals surface area contributed by atoms with Crippen LogP contribution in [0.5, 0.6) is 0 Å². The third kappa shape index (κ3) is 3.25. The summed E-state index contributed by atoms with van der Waals surface area (Å²) in [6.45, 7) is 0. The molecule has 1 saturated carbocycles. The summed E-state index contributed by atoms with van der Waals surface area (Å²) in [5.74, 6) is -0.150. The molecule has 0 saturated heterocycles. The number of esters is 1. The zero-order valence-corrected chi connectivity index (χ0v) is 14.0. The molecule has 0 bridgehead atoms. The minimum Gasteiger partial charge on any atom is -0.452 e. The van der Waals surface area contributed by atoms with Gasteiger partial charge in [0.15, 0.2) is 6.10 Å². The van der Waals surface area contributed by atoms with Crippen LogP contribution in [0.1, 0.15) is 42.9 Å². The molecule has 0 unspecified atom stereocenters. The van der Waals surface area contributed by atoms with E-state index in [9.17, 15) is 4.79 Å². The summed E-state index contributed by atoms with van der Waals surface area (Å²) in [5.41, 5.74) is 1.99. The largest absolute Gasteiger partial charge is 0.452 e. The second-order valence-corrected chi connectivity index (χ2v) is 7.30. The van der Waals surface area contributed by atoms with Crippen LogP contribution in [0.25, 0.3) is 0 Å². The van der Waals surface area contributed by atoms with Crippen LogP contribution in [0.2, 0.25) is 0 Å². The van der Waals surface area contributed by atoms with Gasteiger partial charge in [-0.25, -0.2) is 0 Å². The molecular formula is C19H19BrO2. The van der Waals surface area contributed by atoms with Gasteiger partial charge in [-0.2, -0.15) is 0 Å². The average Bonchev–Trinajstić information content (AvgIpc) is 3.02. The minimum atomic E-state index is -0.505. The lowest BCUT2D eigenvalue weighted by atomic mass is 10.0.